The van der Waals surface area contributed by atoms with Gasteiger partial charge in [0.05, 0.1) is 20.4 Å². The van der Waals surface area contributed by atoms with E-state index in [0.29, 0.717) is 0 Å². The van der Waals surface area contributed by atoms with E-state index in [4.69, 9.17) is 4.74 Å². The maximum absolute atomic E-state index is 5.11. The lowest BCUT2D eigenvalue weighted by atomic mass is 10.3. The predicted octanol–water partition coefficient (Wildman–Crippen LogP) is 2.26. The molecule has 82 valence electrons. The van der Waals surface area contributed by atoms with Crippen LogP contribution >= 0.6 is 0 Å². The summed E-state index contributed by atoms with van der Waals surface area (Å²) in [7, 11) is 3.67. The normalized spacial score (nSPS) is 9.88. The van der Waals surface area contributed by atoms with E-state index in [1.54, 1.807) is 7.11 Å². The number of hydrogen-bond acceptors (Lipinski definition) is 2. The van der Waals surface area contributed by atoms with Crippen molar-refractivity contribution >= 4 is 11.5 Å². The van der Waals surface area contributed by atoms with Gasteiger partial charge >= 0.3 is 0 Å². The maximum Gasteiger partial charge on any atom is 0.279 e. The van der Waals surface area contributed by atoms with Gasteiger partial charge in [0.25, 0.3) is 5.82 Å². The molecule has 16 heavy (non-hydrogen) atoms. The van der Waals surface area contributed by atoms with Gasteiger partial charge in [0.1, 0.15) is 11.4 Å². The van der Waals surface area contributed by atoms with Crippen molar-refractivity contribution in [3.63, 3.8) is 0 Å². The Balaban J connectivity index is 2.18. The highest BCUT2D eigenvalue weighted by Crippen LogP contribution is 2.17. The van der Waals surface area contributed by atoms with Crippen LogP contribution in [-0.4, -0.2) is 7.11 Å². The first-order chi connectivity index (χ1) is 7.79. The Bertz CT molecular complexity index is 466. The summed E-state index contributed by atoms with van der Waals surface area (Å²) in [5.74, 6) is 1.91. The molecule has 0 amide bonds. The molecule has 1 heterocycles. The van der Waals surface area contributed by atoms with Gasteiger partial charge < -0.3 is 4.74 Å². The number of methoxy groups -OCH3 is 1. The van der Waals surface area contributed by atoms with Crippen LogP contribution in [0.25, 0.3) is 0 Å². The molecule has 1 aromatic heterocycles. The molecule has 0 fully saturated rings. The van der Waals surface area contributed by atoms with Crippen molar-refractivity contribution in [3.8, 4) is 5.75 Å². The zero-order chi connectivity index (χ0) is 11.4. The van der Waals surface area contributed by atoms with Crippen LogP contribution in [0, 0.1) is 0 Å². The standard InChI is InChI=1S/C13H14N2O/c1-15-10-4-3-5-13(15)14-11-6-8-12(16-2)9-7-11/h3-10H,1-2H3/p+1. The summed E-state index contributed by atoms with van der Waals surface area (Å²) in [6.07, 6.45) is 2.01. The molecule has 0 aliphatic carbocycles. The number of aromatic nitrogens is 1. The fourth-order valence-electron chi connectivity index (χ4n) is 1.48. The summed E-state index contributed by atoms with van der Waals surface area (Å²) in [5.41, 5.74) is 1.04. The average Bonchev–Trinajstić information content (AvgIpc) is 2.33. The molecule has 1 N–H and O–H groups in total. The molecule has 0 atom stereocenters. The Hall–Kier alpha value is -2.03. The second-order valence-corrected chi connectivity index (χ2v) is 3.55. The minimum absolute atomic E-state index is 0.864. The van der Waals surface area contributed by atoms with Crippen molar-refractivity contribution in [2.75, 3.05) is 12.4 Å². The van der Waals surface area contributed by atoms with Crippen LogP contribution in [0.1, 0.15) is 0 Å². The third-order valence-electron chi connectivity index (χ3n) is 2.42. The molecular weight excluding hydrogens is 200 g/mol. The van der Waals surface area contributed by atoms with Gasteiger partial charge in [-0.25, -0.2) is 9.88 Å². The second-order valence-electron chi connectivity index (χ2n) is 3.55. The molecule has 3 heteroatoms. The van der Waals surface area contributed by atoms with E-state index >= 15 is 0 Å². The number of pyridine rings is 1. The summed E-state index contributed by atoms with van der Waals surface area (Å²) < 4.78 is 7.14. The van der Waals surface area contributed by atoms with Crippen molar-refractivity contribution in [3.05, 3.63) is 48.7 Å². The third kappa shape index (κ3) is 2.31. The molecule has 0 bridgehead atoms. The van der Waals surface area contributed by atoms with Gasteiger partial charge in [0.15, 0.2) is 0 Å². The van der Waals surface area contributed by atoms with E-state index < -0.39 is 0 Å². The minimum atomic E-state index is 0.864. The average molecular weight is 215 g/mol. The number of benzene rings is 1. The van der Waals surface area contributed by atoms with Gasteiger partial charge in [0, 0.05) is 6.07 Å². The van der Waals surface area contributed by atoms with E-state index in [0.717, 1.165) is 17.3 Å². The van der Waals surface area contributed by atoms with Gasteiger partial charge in [0.2, 0.25) is 0 Å². The number of rotatable bonds is 3. The summed E-state index contributed by atoms with van der Waals surface area (Å²) in [6.45, 7) is 0. The molecule has 0 aliphatic rings. The molecule has 0 radical (unpaired) electrons. The number of nitrogens with one attached hydrogen (secondary N) is 1. The molecule has 1 aromatic carbocycles. The van der Waals surface area contributed by atoms with Crippen LogP contribution in [0.2, 0.25) is 0 Å². The lowest BCUT2D eigenvalue weighted by Crippen LogP contribution is -2.30. The zero-order valence-electron chi connectivity index (χ0n) is 9.47. The fourth-order valence-corrected chi connectivity index (χ4v) is 1.48. The third-order valence-corrected chi connectivity index (χ3v) is 2.42. The van der Waals surface area contributed by atoms with Crippen molar-refractivity contribution in [1.82, 2.24) is 0 Å². The Morgan fingerprint density at radius 3 is 2.44 bits per heavy atom. The van der Waals surface area contributed by atoms with Crippen LogP contribution in [0.4, 0.5) is 11.5 Å². The summed E-state index contributed by atoms with van der Waals surface area (Å²) in [5, 5.41) is 3.33. The van der Waals surface area contributed by atoms with Gasteiger partial charge in [-0.1, -0.05) is 6.07 Å². The topological polar surface area (TPSA) is 25.1 Å². The SMILES string of the molecule is COc1ccc(Nc2cccc[n+]2C)cc1. The number of anilines is 2. The monoisotopic (exact) mass is 215 g/mol. The highest BCUT2D eigenvalue weighted by atomic mass is 16.5. The smallest absolute Gasteiger partial charge is 0.279 e. The number of hydrogen-bond donors (Lipinski definition) is 1. The first kappa shape index (κ1) is 10.5. The minimum Gasteiger partial charge on any atom is -0.497 e. The Labute approximate surface area is 95.3 Å². The maximum atomic E-state index is 5.11. The van der Waals surface area contributed by atoms with Crippen LogP contribution in [-0.2, 0) is 7.05 Å². The van der Waals surface area contributed by atoms with Crippen molar-refractivity contribution in [2.24, 2.45) is 7.05 Å². The van der Waals surface area contributed by atoms with Gasteiger partial charge in [-0.2, -0.15) is 0 Å². The number of nitrogens with zero attached hydrogens (tertiary/aromatic N) is 1. The van der Waals surface area contributed by atoms with E-state index in [1.807, 2.05) is 60.3 Å². The summed E-state index contributed by atoms with van der Waals surface area (Å²) in [4.78, 5) is 0. The van der Waals surface area contributed by atoms with Gasteiger partial charge in [-0.15, -0.1) is 0 Å². The Morgan fingerprint density at radius 1 is 1.06 bits per heavy atom. The molecule has 0 unspecified atom stereocenters. The van der Waals surface area contributed by atoms with E-state index in [1.165, 1.54) is 0 Å². The lowest BCUT2D eigenvalue weighted by molar-refractivity contribution is -0.657. The fraction of sp³-hybridized carbons (Fsp3) is 0.154. The van der Waals surface area contributed by atoms with Crippen molar-refractivity contribution in [2.45, 2.75) is 0 Å². The summed E-state index contributed by atoms with van der Waals surface area (Å²) in [6, 6.07) is 13.9. The Kier molecular flexibility index (Phi) is 3.05. The highest BCUT2D eigenvalue weighted by Gasteiger charge is 2.04. The molecular formula is C13H15N2O+. The Morgan fingerprint density at radius 2 is 1.81 bits per heavy atom. The second kappa shape index (κ2) is 4.66. The van der Waals surface area contributed by atoms with E-state index in [-0.39, 0.29) is 0 Å². The molecule has 3 nitrogen and oxygen atoms in total. The van der Waals surface area contributed by atoms with Crippen LogP contribution in [0.15, 0.2) is 48.7 Å². The molecule has 0 spiro atoms. The molecule has 0 saturated heterocycles. The van der Waals surface area contributed by atoms with E-state index in [9.17, 15) is 0 Å². The zero-order valence-corrected chi connectivity index (χ0v) is 9.47. The molecule has 0 aliphatic heterocycles. The summed E-state index contributed by atoms with van der Waals surface area (Å²) >= 11 is 0. The van der Waals surface area contributed by atoms with Gasteiger partial charge in [-0.05, 0) is 30.3 Å². The highest BCUT2D eigenvalue weighted by molar-refractivity contribution is 5.55. The molecule has 0 saturated carbocycles. The van der Waals surface area contributed by atoms with Crippen LogP contribution in [0.3, 0.4) is 0 Å². The van der Waals surface area contributed by atoms with E-state index in [2.05, 4.69) is 5.32 Å². The molecule has 2 aromatic rings. The quantitative estimate of drug-likeness (QED) is 0.794. The van der Waals surface area contributed by atoms with Crippen molar-refractivity contribution < 1.29 is 9.30 Å². The van der Waals surface area contributed by atoms with Crippen LogP contribution < -0.4 is 14.6 Å². The largest absolute Gasteiger partial charge is 0.497 e. The lowest BCUT2D eigenvalue weighted by Gasteiger charge is -2.03. The van der Waals surface area contributed by atoms with Crippen molar-refractivity contribution in [1.29, 1.82) is 0 Å². The number of aryl methyl sites for hydroxylation is 1. The first-order valence-electron chi connectivity index (χ1n) is 5.15. The number of ether oxygens (including phenoxy) is 1. The van der Waals surface area contributed by atoms with Gasteiger partial charge in [-0.3, -0.25) is 0 Å². The molecule has 2 rings (SSSR count). The predicted molar refractivity (Wildman–Crippen MR) is 63.9 cm³/mol. The van der Waals surface area contributed by atoms with Crippen LogP contribution in [0.5, 0.6) is 5.75 Å². The first-order valence-corrected chi connectivity index (χ1v) is 5.15.